The second-order valence-corrected chi connectivity index (χ2v) is 5.12. The Balaban J connectivity index is 2.23. The molecule has 25 heavy (non-hydrogen) atoms. The SMILES string of the molecule is CCOc1cccc(OC(=O)OC)c1COc1ccc(CC)c(F)c1. The number of rotatable bonds is 7. The van der Waals surface area contributed by atoms with Gasteiger partial charge in [-0.25, -0.2) is 9.18 Å². The zero-order valence-corrected chi connectivity index (χ0v) is 14.5. The van der Waals surface area contributed by atoms with E-state index in [-0.39, 0.29) is 18.2 Å². The maximum absolute atomic E-state index is 13.9. The number of ether oxygens (including phenoxy) is 4. The van der Waals surface area contributed by atoms with Gasteiger partial charge in [-0.1, -0.05) is 19.1 Å². The number of halogens is 1. The van der Waals surface area contributed by atoms with Crippen LogP contribution < -0.4 is 14.2 Å². The van der Waals surface area contributed by atoms with Crippen LogP contribution in [0.5, 0.6) is 17.2 Å². The van der Waals surface area contributed by atoms with Crippen molar-refractivity contribution >= 4 is 6.16 Å². The fourth-order valence-corrected chi connectivity index (χ4v) is 2.27. The fourth-order valence-electron chi connectivity index (χ4n) is 2.27. The number of hydrogen-bond donors (Lipinski definition) is 0. The molecule has 5 nitrogen and oxygen atoms in total. The Morgan fingerprint density at radius 1 is 1.08 bits per heavy atom. The lowest BCUT2D eigenvalue weighted by Gasteiger charge is -2.15. The maximum Gasteiger partial charge on any atom is 0.513 e. The number of benzene rings is 2. The Morgan fingerprint density at radius 2 is 1.84 bits per heavy atom. The number of hydrogen-bond acceptors (Lipinski definition) is 5. The summed E-state index contributed by atoms with van der Waals surface area (Å²) in [6, 6.07) is 9.77. The first-order valence-corrected chi connectivity index (χ1v) is 8.00. The molecule has 2 rings (SSSR count). The third-order valence-corrected chi connectivity index (χ3v) is 3.54. The molecule has 0 aromatic heterocycles. The van der Waals surface area contributed by atoms with Crippen LogP contribution in [0.25, 0.3) is 0 Å². The van der Waals surface area contributed by atoms with Crippen molar-refractivity contribution in [3.63, 3.8) is 0 Å². The number of aryl methyl sites for hydroxylation is 1. The average Bonchev–Trinajstić information content (AvgIpc) is 2.61. The van der Waals surface area contributed by atoms with Crippen LogP contribution in [0, 0.1) is 5.82 Å². The molecule has 0 atom stereocenters. The smallest absolute Gasteiger partial charge is 0.493 e. The highest BCUT2D eigenvalue weighted by Gasteiger charge is 2.15. The molecule has 134 valence electrons. The Morgan fingerprint density at radius 3 is 2.48 bits per heavy atom. The van der Waals surface area contributed by atoms with Gasteiger partial charge in [-0.15, -0.1) is 0 Å². The first kappa shape index (κ1) is 18.6. The highest BCUT2D eigenvalue weighted by molar-refractivity contribution is 5.65. The second-order valence-electron chi connectivity index (χ2n) is 5.12. The highest BCUT2D eigenvalue weighted by Crippen LogP contribution is 2.30. The van der Waals surface area contributed by atoms with Gasteiger partial charge in [0.25, 0.3) is 0 Å². The van der Waals surface area contributed by atoms with Crippen molar-refractivity contribution in [2.45, 2.75) is 26.9 Å². The van der Waals surface area contributed by atoms with Gasteiger partial charge in [0.05, 0.1) is 19.3 Å². The van der Waals surface area contributed by atoms with E-state index in [4.69, 9.17) is 14.2 Å². The van der Waals surface area contributed by atoms with Gasteiger partial charge >= 0.3 is 6.16 Å². The second kappa shape index (κ2) is 8.92. The van der Waals surface area contributed by atoms with Gasteiger partial charge < -0.3 is 18.9 Å². The minimum absolute atomic E-state index is 0.0490. The summed E-state index contributed by atoms with van der Waals surface area (Å²) in [4.78, 5) is 11.4. The lowest BCUT2D eigenvalue weighted by molar-refractivity contribution is 0.120. The number of methoxy groups -OCH3 is 1. The van der Waals surface area contributed by atoms with E-state index >= 15 is 0 Å². The highest BCUT2D eigenvalue weighted by atomic mass is 19.1. The van der Waals surface area contributed by atoms with E-state index in [1.165, 1.54) is 13.2 Å². The van der Waals surface area contributed by atoms with Crippen molar-refractivity contribution in [2.75, 3.05) is 13.7 Å². The van der Waals surface area contributed by atoms with E-state index in [0.29, 0.717) is 35.7 Å². The van der Waals surface area contributed by atoms with Gasteiger partial charge in [0.15, 0.2) is 0 Å². The molecule has 0 unspecified atom stereocenters. The molecule has 6 heteroatoms. The number of carbonyl (C=O) groups excluding carboxylic acids is 1. The third-order valence-electron chi connectivity index (χ3n) is 3.54. The predicted molar refractivity (Wildman–Crippen MR) is 90.8 cm³/mol. The van der Waals surface area contributed by atoms with Crippen molar-refractivity contribution in [1.29, 1.82) is 0 Å². The van der Waals surface area contributed by atoms with Gasteiger partial charge in [-0.3, -0.25) is 0 Å². The van der Waals surface area contributed by atoms with Gasteiger partial charge in [0.2, 0.25) is 0 Å². The molecule has 0 spiro atoms. The van der Waals surface area contributed by atoms with Crippen molar-refractivity contribution in [1.82, 2.24) is 0 Å². The van der Waals surface area contributed by atoms with Crippen LogP contribution in [0.1, 0.15) is 25.0 Å². The van der Waals surface area contributed by atoms with E-state index in [0.717, 1.165) is 0 Å². The fraction of sp³-hybridized carbons (Fsp3) is 0.316. The van der Waals surface area contributed by atoms with Crippen LogP contribution in [0.3, 0.4) is 0 Å². The predicted octanol–water partition coefficient (Wildman–Crippen LogP) is 4.51. The standard InChI is InChI=1S/C19H21FO5/c1-4-13-9-10-14(11-16(13)20)24-12-15-17(23-5-2)7-6-8-18(15)25-19(21)22-3/h6-11H,4-5,12H2,1-3H3. The molecule has 0 aliphatic carbocycles. The summed E-state index contributed by atoms with van der Waals surface area (Å²) in [5, 5.41) is 0. The molecule has 0 radical (unpaired) electrons. The molecule has 0 fully saturated rings. The van der Waals surface area contributed by atoms with E-state index < -0.39 is 6.16 Å². The quantitative estimate of drug-likeness (QED) is 0.544. The van der Waals surface area contributed by atoms with Crippen molar-refractivity contribution < 1.29 is 28.1 Å². The Bertz CT molecular complexity index is 730. The zero-order chi connectivity index (χ0) is 18.2. The van der Waals surface area contributed by atoms with E-state index in [1.807, 2.05) is 13.8 Å². The largest absolute Gasteiger partial charge is 0.513 e. The van der Waals surface area contributed by atoms with Crippen molar-refractivity contribution in [3.8, 4) is 17.2 Å². The first-order valence-electron chi connectivity index (χ1n) is 8.00. The summed E-state index contributed by atoms with van der Waals surface area (Å²) >= 11 is 0. The molecule has 0 saturated carbocycles. The van der Waals surface area contributed by atoms with Crippen LogP contribution in [-0.2, 0) is 17.8 Å². The van der Waals surface area contributed by atoms with Gasteiger partial charge in [-0.2, -0.15) is 0 Å². The van der Waals surface area contributed by atoms with Crippen molar-refractivity contribution in [2.24, 2.45) is 0 Å². The summed E-state index contributed by atoms with van der Waals surface area (Å²) in [6.45, 7) is 4.22. The van der Waals surface area contributed by atoms with Crippen molar-refractivity contribution in [3.05, 3.63) is 53.3 Å². The molecule has 2 aromatic rings. The van der Waals surface area contributed by atoms with E-state index in [1.54, 1.807) is 30.3 Å². The molecular weight excluding hydrogens is 327 g/mol. The van der Waals surface area contributed by atoms with Gasteiger partial charge in [0.1, 0.15) is 29.7 Å². The lowest BCUT2D eigenvalue weighted by Crippen LogP contribution is -2.11. The summed E-state index contributed by atoms with van der Waals surface area (Å²) < 4.78 is 34.8. The Labute approximate surface area is 146 Å². The van der Waals surface area contributed by atoms with Crippen LogP contribution in [-0.4, -0.2) is 19.9 Å². The normalized spacial score (nSPS) is 10.2. The average molecular weight is 348 g/mol. The molecule has 2 aromatic carbocycles. The van der Waals surface area contributed by atoms with Crippen LogP contribution in [0.15, 0.2) is 36.4 Å². The van der Waals surface area contributed by atoms with E-state index in [2.05, 4.69) is 4.74 Å². The first-order chi connectivity index (χ1) is 12.1. The summed E-state index contributed by atoms with van der Waals surface area (Å²) in [6.07, 6.45) is -0.232. The molecule has 0 saturated heterocycles. The summed E-state index contributed by atoms with van der Waals surface area (Å²) in [5.74, 6) is 0.854. The van der Waals surface area contributed by atoms with E-state index in [9.17, 15) is 9.18 Å². The molecular formula is C19H21FO5. The van der Waals surface area contributed by atoms with Gasteiger partial charge in [0, 0.05) is 6.07 Å². The minimum Gasteiger partial charge on any atom is -0.493 e. The maximum atomic E-state index is 13.9. The number of carbonyl (C=O) groups is 1. The monoisotopic (exact) mass is 348 g/mol. The Hall–Kier alpha value is -2.76. The third kappa shape index (κ3) is 4.86. The van der Waals surface area contributed by atoms with Gasteiger partial charge in [-0.05, 0) is 37.1 Å². The topological polar surface area (TPSA) is 54.0 Å². The Kier molecular flexibility index (Phi) is 6.62. The van der Waals surface area contributed by atoms with Crippen LogP contribution in [0.4, 0.5) is 9.18 Å². The lowest BCUT2D eigenvalue weighted by atomic mass is 10.1. The van der Waals surface area contributed by atoms with Crippen LogP contribution in [0.2, 0.25) is 0 Å². The minimum atomic E-state index is -0.840. The summed E-state index contributed by atoms with van der Waals surface area (Å²) in [7, 11) is 1.23. The zero-order valence-electron chi connectivity index (χ0n) is 14.5. The molecule has 0 heterocycles. The molecule has 0 aliphatic heterocycles. The molecule has 0 amide bonds. The molecule has 0 N–H and O–H groups in total. The molecule has 0 bridgehead atoms. The molecule has 0 aliphatic rings. The summed E-state index contributed by atoms with van der Waals surface area (Å²) in [5.41, 5.74) is 1.16. The van der Waals surface area contributed by atoms with Crippen LogP contribution >= 0.6 is 0 Å².